The number of hydrogen-bond acceptors (Lipinski definition) is 12. The molecule has 0 bridgehead atoms. The first-order valence-corrected chi connectivity index (χ1v) is 27.9. The lowest BCUT2D eigenvalue weighted by Crippen LogP contribution is -2.47. The quantitative estimate of drug-likeness (QED) is 0.0466. The monoisotopic (exact) mass is 1120 g/mol. The van der Waals surface area contributed by atoms with Crippen LogP contribution in [0.4, 0.5) is 11.4 Å². The van der Waals surface area contributed by atoms with Gasteiger partial charge in [0.1, 0.15) is 38.3 Å². The number of nitrogens with zero attached hydrogens (tertiary/aromatic N) is 4. The average Bonchev–Trinajstić information content (AvgIpc) is 3.67. The first kappa shape index (κ1) is 64.5. The van der Waals surface area contributed by atoms with E-state index in [1.165, 1.54) is 6.07 Å². The number of aliphatic carboxylic acids is 1. The fraction of sp³-hybridized carbons (Fsp3) is 0.500. The third-order valence-electron chi connectivity index (χ3n) is 8.75. The Hall–Kier alpha value is -3.52. The SMILES string of the molecule is CC(C)Oc1cc(-n2nc(C(C)(C)C)oc2=O)c(Cl)cc1Cl.CC1COc2ccccc2N1C(=O)C(Cl)Cl.CCc1cccc(CC)c1N(COC)C(=O)CCl.C[S+](C)C.O=C(O)CNCP(=O)([O-])O. The minimum absolute atomic E-state index is 0.0371. The molecule has 0 saturated heterocycles. The number of ether oxygens (including phenoxy) is 3. The van der Waals surface area contributed by atoms with Crippen LogP contribution in [0.25, 0.3) is 5.69 Å². The maximum atomic E-state index is 12.1. The predicted octanol–water partition coefficient (Wildman–Crippen LogP) is 8.47. The smallest absolute Gasteiger partial charge is 0.442 e. The number of amides is 2. The van der Waals surface area contributed by atoms with Crippen molar-refractivity contribution in [1.29, 1.82) is 0 Å². The number of carbonyl (C=O) groups is 3. The molecule has 1 aromatic heterocycles. The second kappa shape index (κ2) is 31.2. The molecule has 3 aromatic carbocycles. The summed E-state index contributed by atoms with van der Waals surface area (Å²) in [6.07, 6.45) is 7.56. The van der Waals surface area contributed by atoms with Crippen LogP contribution in [0.5, 0.6) is 11.5 Å². The number of hydrogen-bond donors (Lipinski definition) is 3. The number of rotatable bonds is 14. The number of fused-ring (bicyclic) bond motifs is 1. The molecule has 24 heteroatoms. The third kappa shape index (κ3) is 22.1. The molecule has 0 fully saturated rings. The Labute approximate surface area is 438 Å². The van der Waals surface area contributed by atoms with E-state index in [-0.39, 0.29) is 47.0 Å². The van der Waals surface area contributed by atoms with Gasteiger partial charge in [-0.25, -0.2) is 4.79 Å². The molecule has 392 valence electrons. The van der Waals surface area contributed by atoms with E-state index in [9.17, 15) is 28.6 Å². The topological polar surface area (TPSA) is 226 Å². The van der Waals surface area contributed by atoms with Gasteiger partial charge in [-0.3, -0.25) is 24.6 Å². The summed E-state index contributed by atoms with van der Waals surface area (Å²) in [5, 5.41) is 14.8. The van der Waals surface area contributed by atoms with Crippen LogP contribution in [0.15, 0.2) is 63.8 Å². The number of para-hydroxylation sites is 3. The highest BCUT2D eigenvalue weighted by Gasteiger charge is 2.32. The Morgan fingerprint density at radius 3 is 2.04 bits per heavy atom. The maximum absolute atomic E-state index is 12.1. The van der Waals surface area contributed by atoms with Gasteiger partial charge >= 0.3 is 11.7 Å². The normalized spacial score (nSPS) is 13.7. The Bertz CT molecular complexity index is 2370. The van der Waals surface area contributed by atoms with Crippen LogP contribution in [0.2, 0.25) is 10.0 Å². The molecule has 70 heavy (non-hydrogen) atoms. The second-order valence-electron chi connectivity index (χ2n) is 16.7. The van der Waals surface area contributed by atoms with Crippen molar-refractivity contribution in [3.05, 3.63) is 92.2 Å². The number of methoxy groups -OCH3 is 1. The van der Waals surface area contributed by atoms with Crippen molar-refractivity contribution >= 4 is 106 Å². The highest BCUT2D eigenvalue weighted by atomic mass is 35.5. The molecule has 0 spiro atoms. The van der Waals surface area contributed by atoms with Gasteiger partial charge in [0.25, 0.3) is 5.91 Å². The van der Waals surface area contributed by atoms with Crippen LogP contribution in [0.3, 0.4) is 0 Å². The van der Waals surface area contributed by atoms with Crippen LogP contribution < -0.4 is 35.2 Å². The standard InChI is InChI=1S/C15H18Cl2N2O3.C14H20ClNO2.C11H11Cl2NO2.C3H8NO5P.C3H9S/c1-8(2)21-12-7-11(9(16)6-10(12)17)19-14(20)22-13(18-19)15(3,4)5;1-4-11-7-6-8-12(5-2)14(11)16(10-18-3)13(17)9-15;1-7-6-16-9-5-3-2-4-8(9)14(7)11(15)10(12)13;5-3(6)1-4-2-10(7,8)9;1-4(2)3/h6-8H,1-5H3;6-8H,4-5,9-10H2,1-3H3;2-5,7,10H,6H2,1H3;4H,1-2H2,(H,5,6)(H2,7,8,9);1-3H3/q;;;;+1/p-1. The number of halogens is 5. The van der Waals surface area contributed by atoms with Crippen LogP contribution in [-0.2, 0) is 52.8 Å². The summed E-state index contributed by atoms with van der Waals surface area (Å²) in [6.45, 7) is 15.7. The van der Waals surface area contributed by atoms with Gasteiger partial charge in [-0.05, 0) is 73.8 Å². The zero-order valence-corrected chi connectivity index (χ0v) is 46.9. The largest absolute Gasteiger partial charge is 0.778 e. The molecule has 1 aliphatic rings. The first-order valence-electron chi connectivity index (χ1n) is 21.5. The molecule has 2 unspecified atom stereocenters. The minimum Gasteiger partial charge on any atom is -0.778 e. The summed E-state index contributed by atoms with van der Waals surface area (Å²) in [4.78, 5) is 65.8. The van der Waals surface area contributed by atoms with Crippen LogP contribution >= 0.6 is 65.6 Å². The van der Waals surface area contributed by atoms with Crippen LogP contribution in [0, 0.1) is 0 Å². The molecule has 4 aromatic rings. The van der Waals surface area contributed by atoms with Crippen LogP contribution in [-0.4, -0.2) is 112 Å². The van der Waals surface area contributed by atoms with Crippen LogP contribution in [0.1, 0.15) is 72.4 Å². The molecule has 2 amide bonds. The van der Waals surface area contributed by atoms with Crippen molar-refractivity contribution in [3.8, 4) is 17.2 Å². The van der Waals surface area contributed by atoms with Gasteiger partial charge in [-0.1, -0.05) is 111 Å². The molecular weight excluding hydrogens is 1050 g/mol. The fourth-order valence-corrected chi connectivity index (χ4v) is 7.09. The lowest BCUT2D eigenvalue weighted by molar-refractivity contribution is -0.193. The molecule has 5 rings (SSSR count). The Morgan fingerprint density at radius 2 is 1.59 bits per heavy atom. The summed E-state index contributed by atoms with van der Waals surface area (Å²) in [7, 11) is -2.13. The van der Waals surface area contributed by atoms with Crippen molar-refractivity contribution in [3.63, 3.8) is 0 Å². The molecule has 1 aliphatic heterocycles. The molecule has 0 radical (unpaired) electrons. The van der Waals surface area contributed by atoms with Gasteiger partial charge in [0, 0.05) is 18.6 Å². The van der Waals surface area contributed by atoms with Gasteiger partial charge in [-0.2, -0.15) is 4.68 Å². The minimum atomic E-state index is -4.35. The van der Waals surface area contributed by atoms with Gasteiger partial charge in [0.05, 0.1) is 70.9 Å². The molecular formula is C46H65Cl5N5O12PS. The number of carboxylic acids is 1. The van der Waals surface area contributed by atoms with Crippen molar-refractivity contribution < 1.29 is 52.5 Å². The zero-order chi connectivity index (χ0) is 53.7. The Morgan fingerprint density at radius 1 is 1.01 bits per heavy atom. The summed E-state index contributed by atoms with van der Waals surface area (Å²) in [5.74, 6) is -0.815. The number of aromatic nitrogens is 2. The summed E-state index contributed by atoms with van der Waals surface area (Å²) in [6, 6.07) is 16.5. The third-order valence-corrected chi connectivity index (χ3v) is 10.6. The highest BCUT2D eigenvalue weighted by Crippen LogP contribution is 2.36. The number of nitrogens with one attached hydrogen (secondary N) is 1. The van der Waals surface area contributed by atoms with Crippen molar-refractivity contribution in [1.82, 2.24) is 15.1 Å². The molecule has 0 saturated carbocycles. The van der Waals surface area contributed by atoms with Gasteiger partial charge < -0.3 is 43.0 Å². The summed E-state index contributed by atoms with van der Waals surface area (Å²) >= 11 is 29.2. The molecule has 17 nitrogen and oxygen atoms in total. The Balaban J connectivity index is 0.000000467. The van der Waals surface area contributed by atoms with Crippen molar-refractivity contribution in [2.75, 3.05) is 67.7 Å². The van der Waals surface area contributed by atoms with Crippen molar-refractivity contribution in [2.45, 2.75) is 90.6 Å². The van der Waals surface area contributed by atoms with Gasteiger partial charge in [0.2, 0.25) is 11.8 Å². The first-order chi connectivity index (χ1) is 32.5. The van der Waals surface area contributed by atoms with E-state index in [4.69, 9.17) is 86.6 Å². The summed E-state index contributed by atoms with van der Waals surface area (Å²) in [5.41, 5.74) is 3.94. The lowest BCUT2D eigenvalue weighted by atomic mass is 9.97. The molecule has 3 N–H and O–H groups in total. The van der Waals surface area contributed by atoms with E-state index in [1.807, 2.05) is 89.3 Å². The van der Waals surface area contributed by atoms with Gasteiger partial charge in [0.15, 0.2) is 4.84 Å². The number of benzene rings is 3. The van der Waals surface area contributed by atoms with E-state index in [0.717, 1.165) is 40.0 Å². The van der Waals surface area contributed by atoms with E-state index in [0.29, 0.717) is 45.6 Å². The summed E-state index contributed by atoms with van der Waals surface area (Å²) < 4.78 is 32.5. The zero-order valence-electron chi connectivity index (χ0n) is 41.4. The van der Waals surface area contributed by atoms with E-state index < -0.39 is 37.0 Å². The number of carboxylic acid groups (broad SMARTS) is 1. The molecule has 2 atom stereocenters. The second-order valence-corrected chi connectivity index (χ2v) is 22.9. The predicted molar refractivity (Wildman–Crippen MR) is 282 cm³/mol. The Kier molecular flexibility index (Phi) is 28.7. The number of aryl methyl sites for hydroxylation is 2. The van der Waals surface area contributed by atoms with Crippen molar-refractivity contribution in [2.24, 2.45) is 0 Å². The fourth-order valence-electron chi connectivity index (χ4n) is 5.83. The van der Waals surface area contributed by atoms with E-state index in [2.05, 4.69) is 37.7 Å². The van der Waals surface area contributed by atoms with E-state index >= 15 is 0 Å². The number of anilines is 2. The number of carbonyl (C=O) groups excluding carboxylic acids is 2. The maximum Gasteiger partial charge on any atom is 0.442 e. The molecule has 2 heterocycles. The van der Waals surface area contributed by atoms with Gasteiger partial charge in [-0.15, -0.1) is 16.7 Å². The average molecular weight is 1120 g/mol. The highest BCUT2D eigenvalue weighted by molar-refractivity contribution is 7.94. The van der Waals surface area contributed by atoms with E-state index in [1.54, 1.807) is 23.0 Å². The number of alkyl halides is 3. The lowest BCUT2D eigenvalue weighted by Gasteiger charge is -2.35. The molecule has 0 aliphatic carbocycles.